The van der Waals surface area contributed by atoms with E-state index in [0.717, 1.165) is 19.6 Å². The van der Waals surface area contributed by atoms with Crippen LogP contribution in [0.4, 0.5) is 0 Å². The summed E-state index contributed by atoms with van der Waals surface area (Å²) in [6, 6.07) is 0.748. The lowest BCUT2D eigenvalue weighted by atomic mass is 9.87. The first-order valence-corrected chi connectivity index (χ1v) is 7.38. The van der Waals surface area contributed by atoms with Crippen molar-refractivity contribution in [2.45, 2.75) is 69.7 Å². The van der Waals surface area contributed by atoms with Gasteiger partial charge in [-0.1, -0.05) is 12.8 Å². The monoisotopic (exact) mass is 269 g/mol. The minimum absolute atomic E-state index is 0.261. The Morgan fingerprint density at radius 1 is 1.47 bits per heavy atom. The number of carbonyl (C=O) groups is 1. The van der Waals surface area contributed by atoms with Gasteiger partial charge in [-0.3, -0.25) is 9.69 Å². The number of primary amides is 1. The lowest BCUT2D eigenvalue weighted by molar-refractivity contribution is -0.125. The zero-order valence-corrected chi connectivity index (χ0v) is 12.1. The Labute approximate surface area is 115 Å². The predicted molar refractivity (Wildman–Crippen MR) is 74.6 cm³/mol. The zero-order chi connectivity index (χ0) is 14.0. The molecular formula is C14H27N3O2. The predicted octanol–water partition coefficient (Wildman–Crippen LogP) is 0.611. The van der Waals surface area contributed by atoms with E-state index < -0.39 is 11.4 Å². The standard InChI is InChI=1S/C14H27N3O2/c1-10(9-14(2,16)13(15)18)17-7-8-19-12-6-4-3-5-11(12)17/h10-12H,3-9,16H2,1-2H3,(H2,15,18). The van der Waals surface area contributed by atoms with Gasteiger partial charge in [-0.2, -0.15) is 0 Å². The second kappa shape index (κ2) is 5.77. The lowest BCUT2D eigenvalue weighted by Gasteiger charge is -2.47. The quantitative estimate of drug-likeness (QED) is 0.783. The third-order valence-corrected chi connectivity index (χ3v) is 4.62. The molecule has 4 N–H and O–H groups in total. The van der Waals surface area contributed by atoms with Crippen molar-refractivity contribution in [2.24, 2.45) is 11.5 Å². The van der Waals surface area contributed by atoms with Gasteiger partial charge in [-0.25, -0.2) is 0 Å². The summed E-state index contributed by atoms with van der Waals surface area (Å²) in [5.74, 6) is -0.423. The Hall–Kier alpha value is -0.650. The van der Waals surface area contributed by atoms with E-state index in [-0.39, 0.29) is 6.04 Å². The molecule has 2 rings (SSSR count). The molecule has 1 aliphatic carbocycles. The zero-order valence-electron chi connectivity index (χ0n) is 12.1. The first kappa shape index (κ1) is 14.8. The minimum Gasteiger partial charge on any atom is -0.375 e. The van der Waals surface area contributed by atoms with Crippen molar-refractivity contribution in [1.82, 2.24) is 4.90 Å². The minimum atomic E-state index is -0.929. The van der Waals surface area contributed by atoms with Gasteiger partial charge in [0.05, 0.1) is 18.2 Å². The van der Waals surface area contributed by atoms with E-state index in [2.05, 4.69) is 11.8 Å². The van der Waals surface area contributed by atoms with Gasteiger partial charge in [-0.05, 0) is 33.1 Å². The van der Waals surface area contributed by atoms with Crippen molar-refractivity contribution in [3.63, 3.8) is 0 Å². The van der Waals surface area contributed by atoms with E-state index >= 15 is 0 Å². The molecule has 19 heavy (non-hydrogen) atoms. The average Bonchev–Trinajstić information content (AvgIpc) is 2.37. The van der Waals surface area contributed by atoms with E-state index in [1.165, 1.54) is 19.3 Å². The van der Waals surface area contributed by atoms with Gasteiger partial charge in [0, 0.05) is 18.6 Å². The Morgan fingerprint density at radius 3 is 2.84 bits per heavy atom. The van der Waals surface area contributed by atoms with Gasteiger partial charge in [0.15, 0.2) is 0 Å². The SMILES string of the molecule is CC(CC(C)(N)C(N)=O)N1CCOC2CCCCC21. The van der Waals surface area contributed by atoms with E-state index in [1.54, 1.807) is 6.92 Å². The van der Waals surface area contributed by atoms with Crippen LogP contribution in [0.25, 0.3) is 0 Å². The van der Waals surface area contributed by atoms with Crippen molar-refractivity contribution in [3.05, 3.63) is 0 Å². The van der Waals surface area contributed by atoms with Crippen LogP contribution in [0.2, 0.25) is 0 Å². The lowest BCUT2D eigenvalue weighted by Crippen LogP contribution is -2.59. The number of fused-ring (bicyclic) bond motifs is 1. The summed E-state index contributed by atoms with van der Waals surface area (Å²) in [6.07, 6.45) is 5.84. The van der Waals surface area contributed by atoms with Gasteiger partial charge in [0.25, 0.3) is 0 Å². The van der Waals surface area contributed by atoms with Crippen LogP contribution in [0.1, 0.15) is 46.0 Å². The number of amides is 1. The molecule has 0 bridgehead atoms. The molecule has 2 fully saturated rings. The number of carbonyl (C=O) groups excluding carboxylic acids is 1. The molecule has 4 atom stereocenters. The number of nitrogens with zero attached hydrogens (tertiary/aromatic N) is 1. The molecular weight excluding hydrogens is 242 g/mol. The largest absolute Gasteiger partial charge is 0.375 e. The molecule has 5 nitrogen and oxygen atoms in total. The Kier molecular flexibility index (Phi) is 4.48. The van der Waals surface area contributed by atoms with Crippen LogP contribution in [0.5, 0.6) is 0 Å². The van der Waals surface area contributed by atoms with Crippen LogP contribution >= 0.6 is 0 Å². The summed E-state index contributed by atoms with van der Waals surface area (Å²) in [5.41, 5.74) is 10.4. The number of morpholine rings is 1. The molecule has 1 saturated carbocycles. The fourth-order valence-electron chi connectivity index (χ4n) is 3.51. The van der Waals surface area contributed by atoms with Crippen molar-refractivity contribution in [3.8, 4) is 0 Å². The molecule has 0 aromatic heterocycles. The van der Waals surface area contributed by atoms with E-state index in [4.69, 9.17) is 16.2 Å². The number of hydrogen-bond donors (Lipinski definition) is 2. The van der Waals surface area contributed by atoms with Crippen LogP contribution in [-0.4, -0.2) is 47.7 Å². The summed E-state index contributed by atoms with van der Waals surface area (Å²) in [4.78, 5) is 13.8. The third-order valence-electron chi connectivity index (χ3n) is 4.62. The maximum atomic E-state index is 11.4. The highest BCUT2D eigenvalue weighted by molar-refractivity contribution is 5.83. The molecule has 110 valence electrons. The van der Waals surface area contributed by atoms with E-state index in [0.29, 0.717) is 18.6 Å². The van der Waals surface area contributed by atoms with Gasteiger partial charge < -0.3 is 16.2 Å². The molecule has 2 aliphatic rings. The van der Waals surface area contributed by atoms with Crippen LogP contribution in [0, 0.1) is 0 Å². The van der Waals surface area contributed by atoms with Crippen molar-refractivity contribution in [1.29, 1.82) is 0 Å². The second-order valence-corrected chi connectivity index (χ2v) is 6.33. The van der Waals surface area contributed by atoms with Crippen LogP contribution in [0.15, 0.2) is 0 Å². The normalized spacial score (nSPS) is 33.2. The van der Waals surface area contributed by atoms with E-state index in [9.17, 15) is 4.79 Å². The number of hydrogen-bond acceptors (Lipinski definition) is 4. The van der Waals surface area contributed by atoms with Gasteiger partial charge in [0.1, 0.15) is 0 Å². The van der Waals surface area contributed by atoms with E-state index in [1.807, 2.05) is 0 Å². The molecule has 1 saturated heterocycles. The highest BCUT2D eigenvalue weighted by atomic mass is 16.5. The fourth-order valence-corrected chi connectivity index (χ4v) is 3.51. The maximum Gasteiger partial charge on any atom is 0.237 e. The molecule has 0 spiro atoms. The molecule has 1 amide bonds. The van der Waals surface area contributed by atoms with Crippen LogP contribution < -0.4 is 11.5 Å². The highest BCUT2D eigenvalue weighted by Gasteiger charge is 2.38. The molecule has 4 unspecified atom stereocenters. The van der Waals surface area contributed by atoms with Crippen molar-refractivity contribution >= 4 is 5.91 Å². The average molecular weight is 269 g/mol. The molecule has 0 aromatic carbocycles. The van der Waals surface area contributed by atoms with Gasteiger partial charge in [0.2, 0.25) is 5.91 Å². The molecule has 0 aromatic rings. The molecule has 0 radical (unpaired) electrons. The Balaban J connectivity index is 2.01. The summed E-state index contributed by atoms with van der Waals surface area (Å²) in [7, 11) is 0. The Bertz CT molecular complexity index is 331. The number of ether oxygens (including phenoxy) is 1. The first-order valence-electron chi connectivity index (χ1n) is 7.38. The third kappa shape index (κ3) is 3.27. The van der Waals surface area contributed by atoms with Gasteiger partial charge in [-0.15, -0.1) is 0 Å². The summed E-state index contributed by atoms with van der Waals surface area (Å²) in [6.45, 7) is 5.58. The number of nitrogens with two attached hydrogens (primary N) is 2. The smallest absolute Gasteiger partial charge is 0.237 e. The van der Waals surface area contributed by atoms with Crippen LogP contribution in [-0.2, 0) is 9.53 Å². The van der Waals surface area contributed by atoms with Crippen LogP contribution in [0.3, 0.4) is 0 Å². The summed E-state index contributed by atoms with van der Waals surface area (Å²) in [5, 5.41) is 0. The molecule has 1 heterocycles. The summed E-state index contributed by atoms with van der Waals surface area (Å²) < 4.78 is 5.88. The number of rotatable bonds is 4. The highest BCUT2D eigenvalue weighted by Crippen LogP contribution is 2.31. The maximum absolute atomic E-state index is 11.4. The molecule has 5 heteroatoms. The first-order chi connectivity index (χ1) is 8.92. The summed E-state index contributed by atoms with van der Waals surface area (Å²) >= 11 is 0. The Morgan fingerprint density at radius 2 is 2.16 bits per heavy atom. The fraction of sp³-hybridized carbons (Fsp3) is 0.929. The van der Waals surface area contributed by atoms with Crippen molar-refractivity contribution < 1.29 is 9.53 Å². The second-order valence-electron chi connectivity index (χ2n) is 6.33. The van der Waals surface area contributed by atoms with Gasteiger partial charge >= 0.3 is 0 Å². The van der Waals surface area contributed by atoms with Crippen molar-refractivity contribution in [2.75, 3.05) is 13.2 Å². The molecule has 1 aliphatic heterocycles. The topological polar surface area (TPSA) is 81.6 Å².